The van der Waals surface area contributed by atoms with Crippen LogP contribution < -0.4 is 16.0 Å². The van der Waals surface area contributed by atoms with E-state index in [2.05, 4.69) is 16.0 Å². The lowest BCUT2D eigenvalue weighted by atomic mass is 9.87. The van der Waals surface area contributed by atoms with E-state index in [4.69, 9.17) is 4.74 Å². The standard InChI is InChI=1S/C36H46N4O8/c1-20-15-21(2)17-23(4)48-31(42)18-29(25-11-13-26(41)14-12-25)38-33(44)30(40(6)34(45)24(5)37-32(43)22(3)16-20)19-36(47)27-9-7-8-10-28(27)39-35(36)46/h7-15,21-24,29-30,41,47H,16-19H2,1-6H3,(H,37,43)(H,38,44)(H,39,46)/b20-15+/t21-,22-,23-,24-,29+,30+,36+/m0/s1. The van der Waals surface area contributed by atoms with Crippen LogP contribution in [0.25, 0.3) is 0 Å². The third-order valence-corrected chi connectivity index (χ3v) is 9.00. The topological polar surface area (TPSA) is 174 Å². The first-order valence-electron chi connectivity index (χ1n) is 16.3. The first-order valence-corrected chi connectivity index (χ1v) is 16.3. The summed E-state index contributed by atoms with van der Waals surface area (Å²) in [6, 6.07) is 9.03. The van der Waals surface area contributed by atoms with Crippen LogP contribution in [0.1, 0.15) is 77.5 Å². The summed E-state index contributed by atoms with van der Waals surface area (Å²) in [5.41, 5.74) is -0.0917. The number of carbonyl (C=O) groups excluding carboxylic acids is 5. The third-order valence-electron chi connectivity index (χ3n) is 9.00. The van der Waals surface area contributed by atoms with Gasteiger partial charge in [-0.1, -0.05) is 55.8 Å². The van der Waals surface area contributed by atoms with Crippen molar-refractivity contribution >= 4 is 35.3 Å². The zero-order valence-electron chi connectivity index (χ0n) is 28.3. The Hall–Kier alpha value is -4.71. The van der Waals surface area contributed by atoms with Crippen molar-refractivity contribution < 1.29 is 38.9 Å². The summed E-state index contributed by atoms with van der Waals surface area (Å²) in [4.78, 5) is 68.7. The van der Waals surface area contributed by atoms with E-state index in [0.717, 1.165) is 10.5 Å². The van der Waals surface area contributed by atoms with E-state index in [1.807, 2.05) is 19.9 Å². The number of nitrogens with zero attached hydrogens (tertiary/aromatic N) is 1. The molecule has 0 aromatic heterocycles. The number of cyclic esters (lactones) is 1. The van der Waals surface area contributed by atoms with Gasteiger partial charge in [0.2, 0.25) is 17.7 Å². The fourth-order valence-electron chi connectivity index (χ4n) is 6.50. The molecule has 2 aromatic carbocycles. The molecule has 0 aliphatic carbocycles. The van der Waals surface area contributed by atoms with Crippen molar-refractivity contribution in [2.24, 2.45) is 11.8 Å². The van der Waals surface area contributed by atoms with E-state index in [0.29, 0.717) is 24.1 Å². The average Bonchev–Trinajstić information content (AvgIpc) is 3.27. The predicted molar refractivity (Wildman–Crippen MR) is 178 cm³/mol. The predicted octanol–water partition coefficient (Wildman–Crippen LogP) is 3.45. The fraction of sp³-hybridized carbons (Fsp3) is 0.472. The molecule has 7 atom stereocenters. The van der Waals surface area contributed by atoms with Crippen molar-refractivity contribution in [2.75, 3.05) is 12.4 Å². The van der Waals surface area contributed by atoms with Crippen molar-refractivity contribution in [3.63, 3.8) is 0 Å². The minimum atomic E-state index is -2.17. The SMILES string of the molecule is C/C1=C\[C@H](C)C[C@H](C)OC(=O)C[C@H](c2ccc(O)cc2)NC(=O)[C@@H](C[C@]2(O)C(=O)Nc3ccccc32)N(C)C(=O)[C@H](C)NC(=O)[C@@H](C)C1. The van der Waals surface area contributed by atoms with Crippen LogP contribution in [0, 0.1) is 11.8 Å². The Balaban J connectivity index is 1.74. The number of phenols is 1. The Morgan fingerprint density at radius 2 is 1.58 bits per heavy atom. The van der Waals surface area contributed by atoms with Crippen LogP contribution >= 0.6 is 0 Å². The lowest BCUT2D eigenvalue weighted by Gasteiger charge is -2.35. The molecule has 0 bridgehead atoms. The number of nitrogens with one attached hydrogen (secondary N) is 3. The van der Waals surface area contributed by atoms with E-state index in [9.17, 15) is 34.2 Å². The Labute approximate surface area is 280 Å². The molecule has 2 aromatic rings. The summed E-state index contributed by atoms with van der Waals surface area (Å²) in [6.07, 6.45) is 1.76. The van der Waals surface area contributed by atoms with Gasteiger partial charge in [0.25, 0.3) is 5.91 Å². The third kappa shape index (κ3) is 8.41. The Morgan fingerprint density at radius 3 is 2.27 bits per heavy atom. The van der Waals surface area contributed by atoms with Gasteiger partial charge in [0.05, 0.1) is 18.6 Å². The number of likely N-dealkylation sites (N-methyl/N-ethyl adjacent to an activating group) is 1. The van der Waals surface area contributed by atoms with Crippen LogP contribution in [0.4, 0.5) is 5.69 Å². The van der Waals surface area contributed by atoms with E-state index < -0.39 is 65.9 Å². The van der Waals surface area contributed by atoms with Gasteiger partial charge in [-0.2, -0.15) is 0 Å². The summed E-state index contributed by atoms with van der Waals surface area (Å²) in [6.45, 7) is 8.97. The number of ether oxygens (including phenoxy) is 1. The van der Waals surface area contributed by atoms with Gasteiger partial charge in [-0.25, -0.2) is 0 Å². The van der Waals surface area contributed by atoms with Crippen LogP contribution in [0.15, 0.2) is 60.2 Å². The van der Waals surface area contributed by atoms with Crippen molar-refractivity contribution in [3.8, 4) is 5.75 Å². The molecular formula is C36H46N4O8. The first kappa shape index (κ1) is 36.1. The van der Waals surface area contributed by atoms with E-state index in [1.165, 1.54) is 26.1 Å². The summed E-state index contributed by atoms with van der Waals surface area (Å²) < 4.78 is 5.74. The van der Waals surface area contributed by atoms with Gasteiger partial charge in [0, 0.05) is 30.6 Å². The second-order valence-corrected chi connectivity index (χ2v) is 13.2. The fourth-order valence-corrected chi connectivity index (χ4v) is 6.50. The van der Waals surface area contributed by atoms with Gasteiger partial charge in [-0.3, -0.25) is 24.0 Å². The second kappa shape index (κ2) is 15.0. The van der Waals surface area contributed by atoms with Gasteiger partial charge in [-0.15, -0.1) is 0 Å². The second-order valence-electron chi connectivity index (χ2n) is 13.2. The molecule has 0 saturated carbocycles. The molecule has 4 amide bonds. The first-order chi connectivity index (χ1) is 22.6. The van der Waals surface area contributed by atoms with Crippen LogP contribution in [0.5, 0.6) is 5.75 Å². The van der Waals surface area contributed by atoms with Gasteiger partial charge in [0.1, 0.15) is 17.8 Å². The highest BCUT2D eigenvalue weighted by atomic mass is 16.5. The molecule has 0 saturated heterocycles. The number of hydrogen-bond donors (Lipinski definition) is 5. The minimum absolute atomic E-state index is 0.0172. The molecule has 48 heavy (non-hydrogen) atoms. The summed E-state index contributed by atoms with van der Waals surface area (Å²) in [7, 11) is 1.36. The molecule has 12 nitrogen and oxygen atoms in total. The number of rotatable bonds is 3. The van der Waals surface area contributed by atoms with Crippen LogP contribution in [-0.4, -0.2) is 69.9 Å². The van der Waals surface area contributed by atoms with Gasteiger partial charge < -0.3 is 35.8 Å². The highest BCUT2D eigenvalue weighted by Crippen LogP contribution is 2.40. The average molecular weight is 663 g/mol. The molecule has 258 valence electrons. The lowest BCUT2D eigenvalue weighted by Crippen LogP contribution is -2.56. The molecular weight excluding hydrogens is 616 g/mol. The lowest BCUT2D eigenvalue weighted by molar-refractivity contribution is -0.150. The Kier molecular flexibility index (Phi) is 11.3. The molecule has 0 radical (unpaired) electrons. The number of para-hydroxylation sites is 1. The molecule has 2 aliphatic rings. The molecule has 2 heterocycles. The number of benzene rings is 2. The quantitative estimate of drug-likeness (QED) is 0.246. The number of esters is 1. The van der Waals surface area contributed by atoms with E-state index in [1.54, 1.807) is 50.2 Å². The number of phenolic OH excluding ortho intramolecular Hbond substituents is 1. The van der Waals surface area contributed by atoms with E-state index in [-0.39, 0.29) is 29.6 Å². The molecule has 2 aliphatic heterocycles. The normalized spacial score (nSPS) is 30.8. The maximum atomic E-state index is 14.2. The number of amides is 4. The molecule has 5 N–H and O–H groups in total. The van der Waals surface area contributed by atoms with Gasteiger partial charge in [0.15, 0.2) is 5.60 Å². The number of fused-ring (bicyclic) bond motifs is 1. The molecule has 4 rings (SSSR count). The van der Waals surface area contributed by atoms with Crippen molar-refractivity contribution in [2.45, 2.75) is 90.1 Å². The molecule has 0 spiro atoms. The summed E-state index contributed by atoms with van der Waals surface area (Å²) in [5.74, 6) is -3.50. The van der Waals surface area contributed by atoms with Crippen molar-refractivity contribution in [1.82, 2.24) is 15.5 Å². The molecule has 0 fully saturated rings. The zero-order valence-corrected chi connectivity index (χ0v) is 28.3. The van der Waals surface area contributed by atoms with Crippen molar-refractivity contribution in [1.29, 1.82) is 0 Å². The van der Waals surface area contributed by atoms with Gasteiger partial charge >= 0.3 is 5.97 Å². The highest BCUT2D eigenvalue weighted by molar-refractivity contribution is 6.05. The summed E-state index contributed by atoms with van der Waals surface area (Å²) >= 11 is 0. The van der Waals surface area contributed by atoms with Gasteiger partial charge in [-0.05, 0) is 63.3 Å². The van der Waals surface area contributed by atoms with E-state index >= 15 is 0 Å². The summed E-state index contributed by atoms with van der Waals surface area (Å²) in [5, 5.41) is 29.9. The number of hydrogen-bond acceptors (Lipinski definition) is 8. The van der Waals surface area contributed by atoms with Crippen LogP contribution in [-0.2, 0) is 34.3 Å². The Morgan fingerprint density at radius 1 is 0.917 bits per heavy atom. The smallest absolute Gasteiger partial charge is 0.308 e. The highest BCUT2D eigenvalue weighted by Gasteiger charge is 2.49. The number of allylic oxidation sites excluding steroid dienone is 2. The monoisotopic (exact) mass is 662 g/mol. The number of aromatic hydroxyl groups is 1. The largest absolute Gasteiger partial charge is 0.508 e. The molecule has 0 unspecified atom stereocenters. The number of carbonyl (C=O) groups is 5. The maximum absolute atomic E-state index is 14.2. The Bertz CT molecular complexity index is 1570. The van der Waals surface area contributed by atoms with Crippen LogP contribution in [0.2, 0.25) is 0 Å². The number of anilines is 1. The number of aliphatic hydroxyl groups is 1. The van der Waals surface area contributed by atoms with Crippen LogP contribution in [0.3, 0.4) is 0 Å². The maximum Gasteiger partial charge on any atom is 0.308 e. The molecule has 12 heteroatoms. The minimum Gasteiger partial charge on any atom is -0.508 e. The zero-order chi connectivity index (χ0) is 35.3. The van der Waals surface area contributed by atoms with Crippen molar-refractivity contribution in [3.05, 3.63) is 71.3 Å².